The van der Waals surface area contributed by atoms with Gasteiger partial charge in [-0.3, -0.25) is 9.97 Å². The molecule has 24 heavy (non-hydrogen) atoms. The minimum Gasteiger partial charge on any atom is -0.495 e. The quantitative estimate of drug-likeness (QED) is 0.932. The molecule has 0 amide bonds. The summed E-state index contributed by atoms with van der Waals surface area (Å²) in [6, 6.07) is 3.83. The highest BCUT2D eigenvalue weighted by Gasteiger charge is 2.14. The molecule has 1 aliphatic rings. The van der Waals surface area contributed by atoms with Crippen molar-refractivity contribution in [1.29, 1.82) is 0 Å². The van der Waals surface area contributed by atoms with Gasteiger partial charge in [0.1, 0.15) is 5.75 Å². The Labute approximate surface area is 143 Å². The van der Waals surface area contributed by atoms with Crippen LogP contribution in [0.1, 0.15) is 20.3 Å². The fourth-order valence-electron chi connectivity index (χ4n) is 2.37. The van der Waals surface area contributed by atoms with Crippen molar-refractivity contribution < 1.29 is 9.47 Å². The van der Waals surface area contributed by atoms with Crippen LogP contribution in [0.5, 0.6) is 5.75 Å². The van der Waals surface area contributed by atoms with Gasteiger partial charge in [-0.25, -0.2) is 0 Å². The molecule has 0 atom stereocenters. The fourth-order valence-corrected chi connectivity index (χ4v) is 2.37. The lowest BCUT2D eigenvalue weighted by atomic mass is 10.1. The molecule has 0 unspecified atom stereocenters. The summed E-state index contributed by atoms with van der Waals surface area (Å²) in [5.41, 5.74) is 9.39. The molecular weight excluding hydrogens is 304 g/mol. The van der Waals surface area contributed by atoms with Gasteiger partial charge in [0.2, 0.25) is 0 Å². The third-order valence-corrected chi connectivity index (χ3v) is 3.50. The average molecular weight is 330 g/mol. The van der Waals surface area contributed by atoms with Crippen LogP contribution in [-0.2, 0) is 4.74 Å². The molecule has 0 aromatic carbocycles. The molecule has 3 rings (SSSR count). The molecule has 2 N–H and O–H groups in total. The largest absolute Gasteiger partial charge is 0.495 e. The Balaban J connectivity index is 0.000000647. The summed E-state index contributed by atoms with van der Waals surface area (Å²) in [4.78, 5) is 10.9. The maximum Gasteiger partial charge on any atom is 0.137 e. The standard InChI is InChI=1S/C15H18N4O2.C3H8/c1-20-13-6-11(8-17-10-13)15-14(16)7-12(9-18-15)19-2-4-21-5-3-19;1-3-2/h6-10H,2-5,16H2,1H3;3H2,1-2H3. The SMILES string of the molecule is CCC.COc1cncc(-c2ncc(N3CCOCC3)cc2N)c1. The zero-order valence-corrected chi connectivity index (χ0v) is 14.7. The van der Waals surface area contributed by atoms with Gasteiger partial charge in [0.15, 0.2) is 0 Å². The molecule has 3 heterocycles. The Morgan fingerprint density at radius 2 is 1.88 bits per heavy atom. The maximum absolute atomic E-state index is 6.16. The van der Waals surface area contributed by atoms with Crippen LogP contribution in [-0.4, -0.2) is 43.4 Å². The lowest BCUT2D eigenvalue weighted by molar-refractivity contribution is 0.122. The minimum absolute atomic E-state index is 0.633. The first kappa shape index (κ1) is 18.0. The van der Waals surface area contributed by atoms with Crippen molar-refractivity contribution >= 4 is 11.4 Å². The number of methoxy groups -OCH3 is 1. The number of nitrogens with two attached hydrogens (primary N) is 1. The molecule has 130 valence electrons. The molecule has 6 heteroatoms. The molecule has 1 aliphatic heterocycles. The molecule has 2 aromatic rings. The Morgan fingerprint density at radius 1 is 1.17 bits per heavy atom. The Hall–Kier alpha value is -2.34. The summed E-state index contributed by atoms with van der Waals surface area (Å²) >= 11 is 0. The van der Waals surface area contributed by atoms with E-state index in [2.05, 4.69) is 28.7 Å². The van der Waals surface area contributed by atoms with Gasteiger partial charge in [-0.1, -0.05) is 20.3 Å². The number of aromatic nitrogens is 2. The third-order valence-electron chi connectivity index (χ3n) is 3.50. The highest BCUT2D eigenvalue weighted by Crippen LogP contribution is 2.28. The van der Waals surface area contributed by atoms with Gasteiger partial charge in [-0.15, -0.1) is 0 Å². The van der Waals surface area contributed by atoms with E-state index in [0.29, 0.717) is 11.4 Å². The van der Waals surface area contributed by atoms with E-state index in [1.54, 1.807) is 19.5 Å². The maximum atomic E-state index is 6.16. The number of rotatable bonds is 3. The van der Waals surface area contributed by atoms with Gasteiger partial charge < -0.3 is 20.1 Å². The van der Waals surface area contributed by atoms with E-state index in [-0.39, 0.29) is 0 Å². The number of nitrogen functional groups attached to an aromatic ring is 1. The summed E-state index contributed by atoms with van der Waals surface area (Å²) in [6.45, 7) is 7.45. The molecule has 2 aromatic heterocycles. The van der Waals surface area contributed by atoms with Crippen LogP contribution >= 0.6 is 0 Å². The summed E-state index contributed by atoms with van der Waals surface area (Å²) < 4.78 is 10.5. The normalized spacial score (nSPS) is 13.9. The first-order chi connectivity index (χ1) is 11.7. The monoisotopic (exact) mass is 330 g/mol. The van der Waals surface area contributed by atoms with E-state index >= 15 is 0 Å². The van der Waals surface area contributed by atoms with Crippen molar-refractivity contribution in [2.24, 2.45) is 0 Å². The van der Waals surface area contributed by atoms with Crippen LogP contribution in [0.2, 0.25) is 0 Å². The predicted molar refractivity (Wildman–Crippen MR) is 97.4 cm³/mol. The number of hydrogen-bond donors (Lipinski definition) is 1. The van der Waals surface area contributed by atoms with Gasteiger partial charge in [0, 0.05) is 24.8 Å². The van der Waals surface area contributed by atoms with Crippen LogP contribution in [0.4, 0.5) is 11.4 Å². The van der Waals surface area contributed by atoms with E-state index in [1.807, 2.05) is 18.3 Å². The minimum atomic E-state index is 0.633. The number of pyridine rings is 2. The summed E-state index contributed by atoms with van der Waals surface area (Å²) in [6.07, 6.45) is 6.48. The molecule has 0 spiro atoms. The zero-order valence-electron chi connectivity index (χ0n) is 14.7. The topological polar surface area (TPSA) is 73.5 Å². The molecule has 1 fully saturated rings. The predicted octanol–water partition coefficient (Wildman–Crippen LogP) is 2.99. The highest BCUT2D eigenvalue weighted by molar-refractivity contribution is 5.75. The molecule has 0 bridgehead atoms. The third kappa shape index (κ3) is 4.58. The lowest BCUT2D eigenvalue weighted by Gasteiger charge is -2.28. The van der Waals surface area contributed by atoms with Crippen molar-refractivity contribution in [1.82, 2.24) is 9.97 Å². The first-order valence-electron chi connectivity index (χ1n) is 8.27. The van der Waals surface area contributed by atoms with E-state index in [0.717, 1.165) is 43.2 Å². The van der Waals surface area contributed by atoms with Crippen LogP contribution in [0.25, 0.3) is 11.3 Å². The van der Waals surface area contributed by atoms with Crippen molar-refractivity contribution in [3.63, 3.8) is 0 Å². The summed E-state index contributed by atoms with van der Waals surface area (Å²) in [7, 11) is 1.61. The van der Waals surface area contributed by atoms with E-state index < -0.39 is 0 Å². The van der Waals surface area contributed by atoms with Crippen molar-refractivity contribution in [3.05, 3.63) is 30.7 Å². The van der Waals surface area contributed by atoms with Crippen molar-refractivity contribution in [2.45, 2.75) is 20.3 Å². The molecule has 1 saturated heterocycles. The van der Waals surface area contributed by atoms with Gasteiger partial charge >= 0.3 is 0 Å². The number of hydrogen-bond acceptors (Lipinski definition) is 6. The molecule has 0 saturated carbocycles. The Kier molecular flexibility index (Phi) is 6.81. The lowest BCUT2D eigenvalue weighted by Crippen LogP contribution is -2.36. The fraction of sp³-hybridized carbons (Fsp3) is 0.444. The number of morpholine rings is 1. The molecular formula is C18H26N4O2. The number of nitrogens with zero attached hydrogens (tertiary/aromatic N) is 3. The number of anilines is 2. The van der Waals surface area contributed by atoms with Crippen LogP contribution in [0.3, 0.4) is 0 Å². The van der Waals surface area contributed by atoms with Crippen molar-refractivity contribution in [2.75, 3.05) is 44.0 Å². The van der Waals surface area contributed by atoms with Gasteiger partial charge in [-0.2, -0.15) is 0 Å². The second kappa shape index (κ2) is 9.08. The number of ether oxygens (including phenoxy) is 2. The molecule has 0 aliphatic carbocycles. The van der Waals surface area contributed by atoms with E-state index in [9.17, 15) is 0 Å². The molecule has 0 radical (unpaired) electrons. The van der Waals surface area contributed by atoms with Gasteiger partial charge in [0.05, 0.1) is 49.8 Å². The van der Waals surface area contributed by atoms with E-state index in [4.69, 9.17) is 15.2 Å². The highest BCUT2D eigenvalue weighted by atomic mass is 16.5. The Morgan fingerprint density at radius 3 is 2.50 bits per heavy atom. The van der Waals surface area contributed by atoms with Crippen LogP contribution < -0.4 is 15.4 Å². The van der Waals surface area contributed by atoms with Crippen LogP contribution in [0, 0.1) is 0 Å². The summed E-state index contributed by atoms with van der Waals surface area (Å²) in [5, 5.41) is 0. The Bertz CT molecular complexity index is 643. The van der Waals surface area contributed by atoms with Gasteiger partial charge in [0.25, 0.3) is 0 Å². The van der Waals surface area contributed by atoms with E-state index in [1.165, 1.54) is 6.42 Å². The van der Waals surface area contributed by atoms with Gasteiger partial charge in [-0.05, 0) is 12.1 Å². The van der Waals surface area contributed by atoms with Crippen molar-refractivity contribution in [3.8, 4) is 17.0 Å². The van der Waals surface area contributed by atoms with Crippen LogP contribution in [0.15, 0.2) is 30.7 Å². The zero-order chi connectivity index (χ0) is 17.4. The smallest absolute Gasteiger partial charge is 0.137 e. The second-order valence-electron chi connectivity index (χ2n) is 5.55. The first-order valence-corrected chi connectivity index (χ1v) is 8.27. The second-order valence-corrected chi connectivity index (χ2v) is 5.55. The summed E-state index contributed by atoms with van der Waals surface area (Å²) in [5.74, 6) is 0.686. The average Bonchev–Trinajstić information content (AvgIpc) is 2.63. The molecule has 6 nitrogen and oxygen atoms in total.